The molecular weight excluding hydrogens is 412 g/mol. The Morgan fingerprint density at radius 3 is 2.52 bits per heavy atom. The number of hydrogen-bond donors (Lipinski definition) is 0. The number of piperidine rings is 1. The molecule has 1 aliphatic heterocycles. The number of benzene rings is 2. The van der Waals surface area contributed by atoms with Crippen LogP contribution in [0.4, 0.5) is 0 Å². The summed E-state index contributed by atoms with van der Waals surface area (Å²) in [6, 6.07) is 16.0. The van der Waals surface area contributed by atoms with E-state index in [-0.39, 0.29) is 11.5 Å². The first-order chi connectivity index (χ1) is 16.1. The Bertz CT molecular complexity index is 1190. The van der Waals surface area contributed by atoms with Crippen LogP contribution in [0.25, 0.3) is 11.0 Å². The van der Waals surface area contributed by atoms with Crippen molar-refractivity contribution in [2.24, 2.45) is 0 Å². The van der Waals surface area contributed by atoms with Gasteiger partial charge in [-0.1, -0.05) is 25.1 Å². The third kappa shape index (κ3) is 4.60. The number of fused-ring (bicyclic) bond motifs is 2. The van der Waals surface area contributed by atoms with Crippen LogP contribution in [-0.2, 0) is 19.4 Å². The Morgan fingerprint density at radius 2 is 1.79 bits per heavy atom. The van der Waals surface area contributed by atoms with Gasteiger partial charge in [0.1, 0.15) is 5.58 Å². The summed E-state index contributed by atoms with van der Waals surface area (Å²) >= 11 is 0. The van der Waals surface area contributed by atoms with Gasteiger partial charge in [-0.2, -0.15) is 0 Å². The fourth-order valence-corrected chi connectivity index (χ4v) is 5.52. The molecule has 0 atom stereocenters. The second-order valence-electron chi connectivity index (χ2n) is 9.42. The van der Waals surface area contributed by atoms with E-state index in [0.717, 1.165) is 80.4 Å². The molecule has 0 bridgehead atoms. The van der Waals surface area contributed by atoms with Gasteiger partial charge in [0.25, 0.3) is 5.91 Å². The lowest BCUT2D eigenvalue weighted by Crippen LogP contribution is -2.46. The van der Waals surface area contributed by atoms with Gasteiger partial charge in [-0.25, -0.2) is 4.79 Å². The van der Waals surface area contributed by atoms with E-state index in [4.69, 9.17) is 4.42 Å². The van der Waals surface area contributed by atoms with Gasteiger partial charge in [-0.15, -0.1) is 0 Å². The minimum absolute atomic E-state index is 0.122. The zero-order chi connectivity index (χ0) is 22.8. The molecule has 172 valence electrons. The van der Waals surface area contributed by atoms with Crippen LogP contribution in [0, 0.1) is 0 Å². The van der Waals surface area contributed by atoms with Crippen LogP contribution in [0.5, 0.6) is 0 Å². The molecule has 0 spiro atoms. The quantitative estimate of drug-likeness (QED) is 0.513. The lowest BCUT2D eigenvalue weighted by Gasteiger charge is -2.38. The highest BCUT2D eigenvalue weighted by Gasteiger charge is 2.28. The van der Waals surface area contributed by atoms with Crippen LogP contribution in [0.3, 0.4) is 0 Å². The van der Waals surface area contributed by atoms with Gasteiger partial charge in [0.05, 0.1) is 0 Å². The van der Waals surface area contributed by atoms with Crippen LogP contribution < -0.4 is 5.63 Å². The normalized spacial score (nSPS) is 16.5. The smallest absolute Gasteiger partial charge is 0.336 e. The van der Waals surface area contributed by atoms with Crippen molar-refractivity contribution >= 4 is 16.9 Å². The van der Waals surface area contributed by atoms with E-state index < -0.39 is 0 Å². The number of aryl methyl sites for hydroxylation is 2. The largest absolute Gasteiger partial charge is 0.423 e. The second kappa shape index (κ2) is 9.52. The molecule has 2 heterocycles. The van der Waals surface area contributed by atoms with Crippen LogP contribution in [0.1, 0.15) is 59.7 Å². The van der Waals surface area contributed by atoms with Crippen LogP contribution in [-0.4, -0.2) is 41.4 Å². The molecule has 1 saturated heterocycles. The molecule has 1 fully saturated rings. The van der Waals surface area contributed by atoms with Crippen molar-refractivity contribution in [2.75, 3.05) is 19.6 Å². The van der Waals surface area contributed by atoms with Gasteiger partial charge in [-0.3, -0.25) is 9.69 Å². The second-order valence-corrected chi connectivity index (χ2v) is 9.42. The predicted octanol–water partition coefficient (Wildman–Crippen LogP) is 4.80. The Hall–Kier alpha value is -2.92. The van der Waals surface area contributed by atoms with E-state index in [9.17, 15) is 9.59 Å². The fraction of sp³-hybridized carbons (Fsp3) is 0.429. The van der Waals surface area contributed by atoms with Crippen LogP contribution in [0.15, 0.2) is 57.7 Å². The van der Waals surface area contributed by atoms with Crippen molar-refractivity contribution < 1.29 is 9.21 Å². The molecule has 2 aliphatic rings. The molecule has 33 heavy (non-hydrogen) atoms. The fourth-order valence-electron chi connectivity index (χ4n) is 5.52. The zero-order valence-corrected chi connectivity index (χ0v) is 19.4. The first-order valence-corrected chi connectivity index (χ1v) is 12.3. The monoisotopic (exact) mass is 444 g/mol. The zero-order valence-electron chi connectivity index (χ0n) is 19.4. The van der Waals surface area contributed by atoms with E-state index in [0.29, 0.717) is 6.04 Å². The summed E-state index contributed by atoms with van der Waals surface area (Å²) < 4.78 is 5.58. The summed E-state index contributed by atoms with van der Waals surface area (Å²) in [5, 5.41) is 1.08. The highest BCUT2D eigenvalue weighted by Crippen LogP contribution is 2.30. The van der Waals surface area contributed by atoms with Crippen molar-refractivity contribution in [3.63, 3.8) is 0 Å². The van der Waals surface area contributed by atoms with Crippen molar-refractivity contribution in [3.05, 3.63) is 81.2 Å². The average Bonchev–Trinajstić information content (AvgIpc) is 3.30. The summed E-state index contributed by atoms with van der Waals surface area (Å²) in [6.07, 6.45) is 6.31. The van der Waals surface area contributed by atoms with Crippen molar-refractivity contribution in [1.82, 2.24) is 9.80 Å². The summed E-state index contributed by atoms with van der Waals surface area (Å²) in [6.45, 7) is 5.45. The maximum atomic E-state index is 12.8. The van der Waals surface area contributed by atoms with Crippen molar-refractivity contribution in [3.8, 4) is 0 Å². The minimum Gasteiger partial charge on any atom is -0.423 e. The summed E-state index contributed by atoms with van der Waals surface area (Å²) in [5.74, 6) is 0.122. The van der Waals surface area contributed by atoms with Gasteiger partial charge in [0, 0.05) is 42.7 Å². The maximum Gasteiger partial charge on any atom is 0.336 e. The lowest BCUT2D eigenvalue weighted by atomic mass is 9.99. The van der Waals surface area contributed by atoms with Gasteiger partial charge < -0.3 is 9.32 Å². The first-order valence-electron chi connectivity index (χ1n) is 12.3. The number of carbonyl (C=O) groups excluding carboxylic acids is 1. The molecule has 5 nitrogen and oxygen atoms in total. The average molecular weight is 445 g/mol. The minimum atomic E-state index is -0.268. The van der Waals surface area contributed by atoms with Crippen LogP contribution in [0.2, 0.25) is 0 Å². The van der Waals surface area contributed by atoms with E-state index in [2.05, 4.69) is 24.0 Å². The third-order valence-corrected chi connectivity index (χ3v) is 7.22. The number of amides is 1. The summed E-state index contributed by atoms with van der Waals surface area (Å²) in [5.41, 5.74) is 4.99. The highest BCUT2D eigenvalue weighted by molar-refractivity contribution is 5.94. The summed E-state index contributed by atoms with van der Waals surface area (Å²) in [7, 11) is 0. The van der Waals surface area contributed by atoms with Gasteiger partial charge >= 0.3 is 5.63 Å². The van der Waals surface area contributed by atoms with E-state index in [1.807, 2.05) is 35.2 Å². The molecule has 5 heteroatoms. The molecule has 2 aromatic carbocycles. The Kier molecular flexibility index (Phi) is 6.32. The molecule has 0 N–H and O–H groups in total. The predicted molar refractivity (Wildman–Crippen MR) is 131 cm³/mol. The van der Waals surface area contributed by atoms with Gasteiger partial charge in [-0.05, 0) is 86.0 Å². The molecule has 5 rings (SSSR count). The third-order valence-electron chi connectivity index (χ3n) is 7.22. The lowest BCUT2D eigenvalue weighted by molar-refractivity contribution is 0.0607. The number of likely N-dealkylation sites (tertiary alicyclic amines) is 1. The van der Waals surface area contributed by atoms with E-state index in [1.54, 1.807) is 6.07 Å². The Balaban J connectivity index is 1.34. The molecule has 1 aromatic heterocycles. The topological polar surface area (TPSA) is 53.8 Å². The molecule has 3 aromatic rings. The molecule has 1 aliphatic carbocycles. The Labute approximate surface area is 195 Å². The number of carbonyl (C=O) groups is 1. The molecule has 0 radical (unpaired) electrons. The molecule has 1 amide bonds. The number of nitrogens with zero attached hydrogens (tertiary/aromatic N) is 2. The van der Waals surface area contributed by atoms with Crippen molar-refractivity contribution in [2.45, 2.75) is 58.0 Å². The molecule has 0 unspecified atom stereocenters. The van der Waals surface area contributed by atoms with E-state index in [1.165, 1.54) is 17.5 Å². The maximum absolute atomic E-state index is 12.8. The first kappa shape index (κ1) is 21.9. The van der Waals surface area contributed by atoms with Gasteiger partial charge in [0.2, 0.25) is 0 Å². The van der Waals surface area contributed by atoms with Gasteiger partial charge in [0.15, 0.2) is 0 Å². The molecular formula is C28H32N2O3. The molecule has 0 saturated carbocycles. The van der Waals surface area contributed by atoms with Crippen LogP contribution >= 0.6 is 0 Å². The van der Waals surface area contributed by atoms with Crippen molar-refractivity contribution in [1.29, 1.82) is 0 Å². The highest BCUT2D eigenvalue weighted by atomic mass is 16.4. The van der Waals surface area contributed by atoms with E-state index >= 15 is 0 Å². The standard InChI is InChI=1S/C28H32N2O3/c1-2-13-30(24-11-14-29(15-12-24)28(32)20-7-4-3-5-8-20)19-23-18-27(31)33-26-17-22-10-6-9-21(22)16-25(23)26/h3-5,7-8,16-18,24H,2,6,9-15,19H2,1H3. The number of rotatable bonds is 6. The SMILES string of the molecule is CCCN(Cc1cc(=O)oc2cc3c(cc12)CCC3)C1CCN(C(=O)c2ccccc2)CC1. The number of hydrogen-bond acceptors (Lipinski definition) is 4. The summed E-state index contributed by atoms with van der Waals surface area (Å²) in [4.78, 5) is 29.7. The Morgan fingerprint density at radius 1 is 1.06 bits per heavy atom.